The van der Waals surface area contributed by atoms with Crippen molar-refractivity contribution in [2.45, 2.75) is 19.9 Å². The van der Waals surface area contributed by atoms with Crippen molar-refractivity contribution in [3.63, 3.8) is 0 Å². The van der Waals surface area contributed by atoms with Crippen LogP contribution in [-0.2, 0) is 13.0 Å². The van der Waals surface area contributed by atoms with E-state index < -0.39 is 6.03 Å². The van der Waals surface area contributed by atoms with E-state index in [0.717, 1.165) is 19.5 Å². The zero-order valence-corrected chi connectivity index (χ0v) is 9.62. The largest absolute Gasteiger partial charge is 0.352 e. The smallest absolute Gasteiger partial charge is 0.312 e. The van der Waals surface area contributed by atoms with Crippen molar-refractivity contribution in [3.05, 3.63) is 35.4 Å². The molecule has 0 aliphatic carbocycles. The fraction of sp³-hybridized carbons (Fsp3) is 0.417. The van der Waals surface area contributed by atoms with Crippen LogP contribution in [0.25, 0.3) is 0 Å². The predicted molar refractivity (Wildman–Crippen MR) is 65.1 cm³/mol. The lowest BCUT2D eigenvalue weighted by molar-refractivity contribution is 0.249. The van der Waals surface area contributed by atoms with Crippen molar-refractivity contribution in [1.29, 1.82) is 0 Å². The van der Waals surface area contributed by atoms with E-state index in [1.54, 1.807) is 0 Å². The molecule has 0 aromatic heterocycles. The van der Waals surface area contributed by atoms with Crippen molar-refractivity contribution >= 4 is 6.03 Å². The Labute approximate surface area is 96.2 Å². The van der Waals surface area contributed by atoms with Crippen LogP contribution in [0.2, 0.25) is 0 Å². The Morgan fingerprint density at radius 2 is 1.94 bits per heavy atom. The number of benzene rings is 1. The quantitative estimate of drug-likeness (QED) is 0.627. The fourth-order valence-corrected chi connectivity index (χ4v) is 1.57. The van der Waals surface area contributed by atoms with E-state index in [1.807, 2.05) is 6.07 Å². The number of carbonyl (C=O) groups is 1. The van der Waals surface area contributed by atoms with Crippen molar-refractivity contribution < 1.29 is 4.79 Å². The van der Waals surface area contributed by atoms with E-state index >= 15 is 0 Å². The van der Waals surface area contributed by atoms with Crippen LogP contribution >= 0.6 is 0 Å². The summed E-state index contributed by atoms with van der Waals surface area (Å²) in [6.45, 7) is 4.25. The molecule has 1 aromatic carbocycles. The second-order valence-corrected chi connectivity index (χ2v) is 3.59. The summed E-state index contributed by atoms with van der Waals surface area (Å²) in [7, 11) is 0. The number of hydrogen-bond donors (Lipinski definition) is 3. The molecule has 0 atom stereocenters. The third-order valence-electron chi connectivity index (χ3n) is 2.42. The topological polar surface area (TPSA) is 67.2 Å². The number of amides is 2. The lowest BCUT2D eigenvalue weighted by Crippen LogP contribution is -2.35. The number of nitrogens with two attached hydrogens (primary N) is 1. The Hall–Kier alpha value is -1.55. The number of carbonyl (C=O) groups excluding carboxylic acids is 1. The van der Waals surface area contributed by atoms with Gasteiger partial charge in [0, 0.05) is 19.6 Å². The van der Waals surface area contributed by atoms with E-state index in [4.69, 9.17) is 5.73 Å². The van der Waals surface area contributed by atoms with Gasteiger partial charge in [0.05, 0.1) is 0 Å². The van der Waals surface area contributed by atoms with Gasteiger partial charge in [0.1, 0.15) is 0 Å². The van der Waals surface area contributed by atoms with Crippen LogP contribution in [0.4, 0.5) is 4.79 Å². The average molecular weight is 221 g/mol. The van der Waals surface area contributed by atoms with Crippen molar-refractivity contribution in [1.82, 2.24) is 10.6 Å². The van der Waals surface area contributed by atoms with E-state index in [0.29, 0.717) is 6.54 Å². The van der Waals surface area contributed by atoms with E-state index in [-0.39, 0.29) is 0 Å². The van der Waals surface area contributed by atoms with Crippen LogP contribution in [0.5, 0.6) is 0 Å². The van der Waals surface area contributed by atoms with Crippen LogP contribution in [0.15, 0.2) is 24.3 Å². The van der Waals surface area contributed by atoms with E-state index in [1.165, 1.54) is 11.1 Å². The Morgan fingerprint density at radius 3 is 2.56 bits per heavy atom. The summed E-state index contributed by atoms with van der Waals surface area (Å²) in [6.07, 6.45) is 1.04. The number of urea groups is 1. The van der Waals surface area contributed by atoms with Gasteiger partial charge >= 0.3 is 6.03 Å². The van der Waals surface area contributed by atoms with E-state index in [9.17, 15) is 4.79 Å². The highest BCUT2D eigenvalue weighted by Gasteiger charge is 1.98. The normalized spacial score (nSPS) is 10.1. The average Bonchev–Trinajstić information content (AvgIpc) is 2.29. The summed E-state index contributed by atoms with van der Waals surface area (Å²) in [5, 5.41) is 5.80. The third-order valence-corrected chi connectivity index (χ3v) is 2.42. The molecular formula is C12H19N3O. The maximum Gasteiger partial charge on any atom is 0.312 e. The van der Waals surface area contributed by atoms with Crippen molar-refractivity contribution in [2.24, 2.45) is 5.73 Å². The van der Waals surface area contributed by atoms with Crippen LogP contribution in [0.3, 0.4) is 0 Å². The lowest BCUT2D eigenvalue weighted by Gasteiger charge is -2.09. The molecule has 1 rings (SSSR count). The number of rotatable bonds is 6. The third kappa shape index (κ3) is 4.31. The molecule has 0 fully saturated rings. The molecule has 0 saturated carbocycles. The van der Waals surface area contributed by atoms with Crippen molar-refractivity contribution in [2.75, 3.05) is 13.1 Å². The molecule has 0 heterocycles. The molecule has 0 saturated heterocycles. The molecule has 88 valence electrons. The Balaban J connectivity index is 2.28. The molecular weight excluding hydrogens is 202 g/mol. The first-order chi connectivity index (χ1) is 7.74. The van der Waals surface area contributed by atoms with Gasteiger partial charge < -0.3 is 16.4 Å². The minimum Gasteiger partial charge on any atom is -0.352 e. The summed E-state index contributed by atoms with van der Waals surface area (Å²) in [5.74, 6) is 0. The van der Waals surface area contributed by atoms with E-state index in [2.05, 4.69) is 35.8 Å². The Kier molecular flexibility index (Phi) is 5.36. The van der Waals surface area contributed by atoms with Gasteiger partial charge in [-0.2, -0.15) is 0 Å². The van der Waals surface area contributed by atoms with Gasteiger partial charge in [-0.1, -0.05) is 31.2 Å². The highest BCUT2D eigenvalue weighted by atomic mass is 16.2. The molecule has 0 aliphatic rings. The Morgan fingerprint density at radius 1 is 1.25 bits per heavy atom. The maximum atomic E-state index is 10.4. The van der Waals surface area contributed by atoms with Gasteiger partial charge in [-0.25, -0.2) is 4.79 Å². The molecule has 0 spiro atoms. The zero-order chi connectivity index (χ0) is 11.8. The second kappa shape index (κ2) is 6.85. The molecule has 2 amide bonds. The van der Waals surface area contributed by atoms with Crippen LogP contribution in [-0.4, -0.2) is 19.1 Å². The molecule has 4 N–H and O–H groups in total. The first kappa shape index (κ1) is 12.5. The Bertz CT molecular complexity index is 339. The minimum absolute atomic E-state index is 0.476. The van der Waals surface area contributed by atoms with Gasteiger partial charge in [0.2, 0.25) is 0 Å². The summed E-state index contributed by atoms with van der Waals surface area (Å²) >= 11 is 0. The molecule has 4 nitrogen and oxygen atoms in total. The van der Waals surface area contributed by atoms with Gasteiger partial charge in [-0.15, -0.1) is 0 Å². The summed E-state index contributed by atoms with van der Waals surface area (Å²) in [4.78, 5) is 10.4. The highest BCUT2D eigenvalue weighted by Crippen LogP contribution is 2.08. The molecule has 0 aliphatic heterocycles. The molecule has 0 bridgehead atoms. The molecule has 4 heteroatoms. The van der Waals surface area contributed by atoms with Gasteiger partial charge in [-0.05, 0) is 17.5 Å². The van der Waals surface area contributed by atoms with Crippen LogP contribution in [0.1, 0.15) is 18.1 Å². The monoisotopic (exact) mass is 221 g/mol. The summed E-state index contributed by atoms with van der Waals surface area (Å²) < 4.78 is 0. The second-order valence-electron chi connectivity index (χ2n) is 3.59. The first-order valence-electron chi connectivity index (χ1n) is 5.55. The molecule has 0 radical (unpaired) electrons. The molecule has 0 unspecified atom stereocenters. The number of nitrogens with one attached hydrogen (secondary N) is 2. The number of primary amides is 1. The van der Waals surface area contributed by atoms with Gasteiger partial charge in [-0.3, -0.25) is 0 Å². The molecule has 16 heavy (non-hydrogen) atoms. The lowest BCUT2D eigenvalue weighted by atomic mass is 10.1. The van der Waals surface area contributed by atoms with Crippen molar-refractivity contribution in [3.8, 4) is 0 Å². The highest BCUT2D eigenvalue weighted by molar-refractivity contribution is 5.71. The van der Waals surface area contributed by atoms with Gasteiger partial charge in [0.25, 0.3) is 0 Å². The minimum atomic E-state index is -0.476. The fourth-order valence-electron chi connectivity index (χ4n) is 1.57. The summed E-state index contributed by atoms with van der Waals surface area (Å²) in [5.41, 5.74) is 7.62. The number of aryl methyl sites for hydroxylation is 1. The standard InChI is InChI=1S/C12H19N3O/c1-2-10-5-3-4-6-11(10)9-14-7-8-15-12(13)16/h3-6,14H,2,7-9H2,1H3,(H3,13,15,16). The van der Waals surface area contributed by atoms with Gasteiger partial charge in [0.15, 0.2) is 0 Å². The van der Waals surface area contributed by atoms with Crippen LogP contribution < -0.4 is 16.4 Å². The maximum absolute atomic E-state index is 10.4. The molecule has 1 aromatic rings. The SMILES string of the molecule is CCc1ccccc1CNCCNC(N)=O. The zero-order valence-electron chi connectivity index (χ0n) is 9.62. The first-order valence-corrected chi connectivity index (χ1v) is 5.55. The summed E-state index contributed by atoms with van der Waals surface area (Å²) in [6, 6.07) is 7.87. The van der Waals surface area contributed by atoms with Crippen LogP contribution in [0, 0.1) is 0 Å². The predicted octanol–water partition coefficient (Wildman–Crippen LogP) is 1.01. The number of hydrogen-bond acceptors (Lipinski definition) is 2.